The number of halogens is 1. The summed E-state index contributed by atoms with van der Waals surface area (Å²) in [7, 11) is 0. The number of aliphatic hydroxyl groups is 1. The molecule has 0 aliphatic carbocycles. The van der Waals surface area contributed by atoms with Gasteiger partial charge >= 0.3 is 0 Å². The number of rotatable bonds is 6. The fraction of sp³-hybridized carbons (Fsp3) is 0.250. The summed E-state index contributed by atoms with van der Waals surface area (Å²) in [5.74, 6) is 0. The van der Waals surface area contributed by atoms with E-state index in [2.05, 4.69) is 17.0 Å². The number of hydrogen-bond acceptors (Lipinski definition) is 3. The Bertz CT molecular complexity index is 545. The number of anilines is 1. The Morgan fingerprint density at radius 1 is 1.05 bits per heavy atom. The predicted molar refractivity (Wildman–Crippen MR) is 83.9 cm³/mol. The summed E-state index contributed by atoms with van der Waals surface area (Å²) in [6, 6.07) is 15.8. The lowest BCUT2D eigenvalue weighted by Crippen LogP contribution is -2.27. The minimum atomic E-state index is 0.0715. The van der Waals surface area contributed by atoms with Crippen molar-refractivity contribution in [2.24, 2.45) is 5.73 Å². The number of aliphatic hydroxyl groups excluding tert-OH is 1. The zero-order chi connectivity index (χ0) is 14.4. The van der Waals surface area contributed by atoms with Crippen LogP contribution in [-0.4, -0.2) is 18.3 Å². The van der Waals surface area contributed by atoms with Crippen LogP contribution >= 0.6 is 11.6 Å². The van der Waals surface area contributed by atoms with E-state index in [4.69, 9.17) is 17.3 Å². The van der Waals surface area contributed by atoms with Crippen molar-refractivity contribution >= 4 is 17.3 Å². The van der Waals surface area contributed by atoms with E-state index in [1.54, 1.807) is 0 Å². The van der Waals surface area contributed by atoms with E-state index in [0.717, 1.165) is 11.3 Å². The third-order valence-corrected chi connectivity index (χ3v) is 3.50. The van der Waals surface area contributed by atoms with Crippen LogP contribution < -0.4 is 10.6 Å². The van der Waals surface area contributed by atoms with Crippen molar-refractivity contribution in [2.45, 2.75) is 13.1 Å². The molecule has 4 heteroatoms. The second kappa shape index (κ2) is 7.29. The maximum absolute atomic E-state index is 9.31. The number of para-hydroxylation sites is 1. The van der Waals surface area contributed by atoms with E-state index in [1.165, 1.54) is 5.56 Å². The first kappa shape index (κ1) is 14.9. The highest BCUT2D eigenvalue weighted by Crippen LogP contribution is 2.30. The van der Waals surface area contributed by atoms with Crippen LogP contribution in [-0.2, 0) is 13.1 Å². The molecule has 2 aromatic rings. The van der Waals surface area contributed by atoms with Crippen molar-refractivity contribution in [2.75, 3.05) is 18.1 Å². The maximum Gasteiger partial charge on any atom is 0.0643 e. The summed E-state index contributed by atoms with van der Waals surface area (Å²) in [6.45, 7) is 1.71. The molecule has 0 aliphatic rings. The van der Waals surface area contributed by atoms with E-state index >= 15 is 0 Å². The summed E-state index contributed by atoms with van der Waals surface area (Å²) in [5.41, 5.74) is 8.87. The van der Waals surface area contributed by atoms with Gasteiger partial charge in [0.2, 0.25) is 0 Å². The van der Waals surface area contributed by atoms with Crippen molar-refractivity contribution in [1.82, 2.24) is 0 Å². The van der Waals surface area contributed by atoms with Gasteiger partial charge in [0.15, 0.2) is 0 Å². The van der Waals surface area contributed by atoms with Gasteiger partial charge < -0.3 is 15.7 Å². The molecule has 0 aromatic heterocycles. The summed E-state index contributed by atoms with van der Waals surface area (Å²) in [4.78, 5) is 2.07. The van der Waals surface area contributed by atoms with Crippen LogP contribution in [0.5, 0.6) is 0 Å². The first-order chi connectivity index (χ1) is 9.76. The van der Waals surface area contributed by atoms with Gasteiger partial charge in [-0.1, -0.05) is 54.1 Å². The maximum atomic E-state index is 9.31. The number of nitrogens with zero attached hydrogens (tertiary/aromatic N) is 1. The normalized spacial score (nSPS) is 10.6. The van der Waals surface area contributed by atoms with Gasteiger partial charge in [-0.2, -0.15) is 0 Å². The molecule has 0 amide bonds. The van der Waals surface area contributed by atoms with Gasteiger partial charge in [0.25, 0.3) is 0 Å². The van der Waals surface area contributed by atoms with Crippen LogP contribution in [0.15, 0.2) is 48.5 Å². The van der Waals surface area contributed by atoms with E-state index in [1.807, 2.05) is 36.4 Å². The van der Waals surface area contributed by atoms with Crippen LogP contribution in [0.1, 0.15) is 11.1 Å². The number of nitrogens with two attached hydrogens (primary N) is 1. The van der Waals surface area contributed by atoms with Crippen LogP contribution in [0.25, 0.3) is 0 Å². The van der Waals surface area contributed by atoms with Crippen molar-refractivity contribution in [3.05, 3.63) is 64.7 Å². The molecule has 0 aliphatic heterocycles. The Morgan fingerprint density at radius 3 is 2.45 bits per heavy atom. The molecule has 2 aromatic carbocycles. The van der Waals surface area contributed by atoms with Gasteiger partial charge in [0.05, 0.1) is 17.3 Å². The summed E-state index contributed by atoms with van der Waals surface area (Å²) < 4.78 is 0. The zero-order valence-electron chi connectivity index (χ0n) is 11.3. The molecule has 3 nitrogen and oxygen atoms in total. The molecule has 0 bridgehead atoms. The van der Waals surface area contributed by atoms with Crippen LogP contribution in [0.3, 0.4) is 0 Å². The lowest BCUT2D eigenvalue weighted by atomic mass is 10.1. The minimum Gasteiger partial charge on any atom is -0.395 e. The van der Waals surface area contributed by atoms with Crippen molar-refractivity contribution in [3.8, 4) is 0 Å². The topological polar surface area (TPSA) is 49.5 Å². The summed E-state index contributed by atoms with van der Waals surface area (Å²) in [6.07, 6.45) is 0. The molecular formula is C16H19ClN2O. The first-order valence-electron chi connectivity index (χ1n) is 6.63. The fourth-order valence-corrected chi connectivity index (χ4v) is 2.59. The first-order valence-corrected chi connectivity index (χ1v) is 7.01. The van der Waals surface area contributed by atoms with E-state index in [9.17, 15) is 5.11 Å². The van der Waals surface area contributed by atoms with Crippen LogP contribution in [0.2, 0.25) is 5.02 Å². The van der Waals surface area contributed by atoms with E-state index in [-0.39, 0.29) is 6.61 Å². The highest BCUT2D eigenvalue weighted by atomic mass is 35.5. The minimum absolute atomic E-state index is 0.0715. The molecule has 20 heavy (non-hydrogen) atoms. The number of benzene rings is 2. The quantitative estimate of drug-likeness (QED) is 0.860. The van der Waals surface area contributed by atoms with Crippen LogP contribution in [0, 0.1) is 0 Å². The van der Waals surface area contributed by atoms with E-state index in [0.29, 0.717) is 24.7 Å². The third-order valence-electron chi connectivity index (χ3n) is 3.19. The largest absolute Gasteiger partial charge is 0.395 e. The second-order valence-corrected chi connectivity index (χ2v) is 4.99. The highest BCUT2D eigenvalue weighted by molar-refractivity contribution is 6.33. The average molecular weight is 291 g/mol. The van der Waals surface area contributed by atoms with Crippen LogP contribution in [0.4, 0.5) is 5.69 Å². The molecule has 0 saturated carbocycles. The fourth-order valence-electron chi connectivity index (χ4n) is 2.27. The summed E-state index contributed by atoms with van der Waals surface area (Å²) in [5, 5.41) is 9.98. The zero-order valence-corrected chi connectivity index (χ0v) is 12.1. The third kappa shape index (κ3) is 3.51. The van der Waals surface area contributed by atoms with Gasteiger partial charge in [-0.3, -0.25) is 0 Å². The average Bonchev–Trinajstić information content (AvgIpc) is 2.47. The molecular weight excluding hydrogens is 272 g/mol. The lowest BCUT2D eigenvalue weighted by Gasteiger charge is -2.27. The van der Waals surface area contributed by atoms with Gasteiger partial charge in [0, 0.05) is 19.6 Å². The van der Waals surface area contributed by atoms with Crippen molar-refractivity contribution in [3.63, 3.8) is 0 Å². The van der Waals surface area contributed by atoms with Gasteiger partial charge in [0.1, 0.15) is 0 Å². The molecule has 0 heterocycles. The molecule has 0 saturated heterocycles. The lowest BCUT2D eigenvalue weighted by molar-refractivity contribution is 0.301. The molecule has 0 fully saturated rings. The Balaban J connectivity index is 2.33. The molecule has 0 radical (unpaired) electrons. The van der Waals surface area contributed by atoms with E-state index < -0.39 is 0 Å². The number of hydrogen-bond donors (Lipinski definition) is 2. The Labute approximate surface area is 124 Å². The Morgan fingerprint density at radius 2 is 1.80 bits per heavy atom. The second-order valence-electron chi connectivity index (χ2n) is 4.58. The Kier molecular flexibility index (Phi) is 5.41. The van der Waals surface area contributed by atoms with Gasteiger partial charge in [-0.25, -0.2) is 0 Å². The summed E-state index contributed by atoms with van der Waals surface area (Å²) >= 11 is 6.33. The monoisotopic (exact) mass is 290 g/mol. The molecule has 0 atom stereocenters. The SMILES string of the molecule is NCc1cccc(Cl)c1N(CCO)Cc1ccccc1. The standard InChI is InChI=1S/C16H19ClN2O/c17-15-8-4-7-14(11-18)16(15)19(9-10-20)12-13-5-2-1-3-6-13/h1-8,20H,9-12,18H2. The highest BCUT2D eigenvalue weighted by Gasteiger charge is 2.14. The molecule has 0 unspecified atom stereocenters. The molecule has 2 rings (SSSR count). The molecule has 106 valence electrons. The van der Waals surface area contributed by atoms with Gasteiger partial charge in [-0.05, 0) is 17.2 Å². The molecule has 3 N–H and O–H groups in total. The van der Waals surface area contributed by atoms with Crippen molar-refractivity contribution < 1.29 is 5.11 Å². The van der Waals surface area contributed by atoms with Crippen molar-refractivity contribution in [1.29, 1.82) is 0 Å². The molecule has 0 spiro atoms. The van der Waals surface area contributed by atoms with Gasteiger partial charge in [-0.15, -0.1) is 0 Å². The smallest absolute Gasteiger partial charge is 0.0643 e. The Hall–Kier alpha value is -1.55. The predicted octanol–water partition coefficient (Wildman–Crippen LogP) is 2.80.